The van der Waals surface area contributed by atoms with Gasteiger partial charge in [-0.05, 0) is 44.8 Å². The number of fused-ring (bicyclic) bond motifs is 3. The Morgan fingerprint density at radius 3 is 2.42 bits per heavy atom. The molecule has 2 aromatic rings. The summed E-state index contributed by atoms with van der Waals surface area (Å²) in [7, 11) is 1.33. The zero-order valence-corrected chi connectivity index (χ0v) is 28.5. The average Bonchev–Trinajstić information content (AvgIpc) is 3.63. The van der Waals surface area contributed by atoms with E-state index in [0.717, 1.165) is 25.9 Å². The fraction of sp³-hybridized carbons (Fsp3) is 0.556. The fourth-order valence-electron chi connectivity index (χ4n) is 7.62. The second kappa shape index (κ2) is 13.7. The SMILES string of the molecule is COc1cccc2c1C(=O)c1c(O)c3c(c(O)c1C2=O)C[C@@](O)(C(=O)COC(=O)C(N)C(C)C)C[C@@H]3O[C@H]1C[C@H](N2CCCC2)[C@H](O)[C@H](C)O1. The Balaban J connectivity index is 1.42. The lowest BCUT2D eigenvalue weighted by molar-refractivity contribution is -0.257. The number of phenols is 2. The maximum atomic E-state index is 14.0. The van der Waals surface area contributed by atoms with Gasteiger partial charge in [0.25, 0.3) is 0 Å². The van der Waals surface area contributed by atoms with Crippen molar-refractivity contribution in [2.45, 2.75) is 95.2 Å². The minimum Gasteiger partial charge on any atom is -0.507 e. The van der Waals surface area contributed by atoms with Crippen LogP contribution in [0.2, 0.25) is 0 Å². The monoisotopic (exact) mass is 696 g/mol. The maximum Gasteiger partial charge on any atom is 0.323 e. The number of ether oxygens (including phenoxy) is 4. The first-order valence-electron chi connectivity index (χ1n) is 17.0. The van der Waals surface area contributed by atoms with E-state index < -0.39 is 102 Å². The van der Waals surface area contributed by atoms with E-state index in [4.69, 9.17) is 24.7 Å². The molecule has 0 saturated carbocycles. The Bertz CT molecular complexity index is 1720. The molecule has 1 unspecified atom stereocenters. The highest BCUT2D eigenvalue weighted by atomic mass is 16.7. The summed E-state index contributed by atoms with van der Waals surface area (Å²) in [5.74, 6) is -4.87. The summed E-state index contributed by atoms with van der Waals surface area (Å²) >= 11 is 0. The molecule has 0 radical (unpaired) electrons. The van der Waals surface area contributed by atoms with E-state index in [0.29, 0.717) is 0 Å². The van der Waals surface area contributed by atoms with Crippen molar-refractivity contribution < 1.29 is 58.6 Å². The summed E-state index contributed by atoms with van der Waals surface area (Å²) < 4.78 is 23.0. The Kier molecular flexibility index (Phi) is 9.80. The molecule has 0 bridgehead atoms. The van der Waals surface area contributed by atoms with Gasteiger partial charge in [0.1, 0.15) is 28.9 Å². The number of aromatic hydroxyl groups is 2. The lowest BCUT2D eigenvalue weighted by atomic mass is 9.72. The number of Topliss-reactive ketones (excluding diaryl/α,β-unsaturated/α-hetero) is 1. The number of phenolic OH excluding ortho intramolecular Hbond substituents is 2. The average molecular weight is 697 g/mol. The van der Waals surface area contributed by atoms with Crippen LogP contribution in [0.1, 0.15) is 95.5 Å². The molecule has 2 fully saturated rings. The number of hydrogen-bond donors (Lipinski definition) is 5. The quantitative estimate of drug-likeness (QED) is 0.159. The fourth-order valence-corrected chi connectivity index (χ4v) is 7.62. The van der Waals surface area contributed by atoms with Gasteiger partial charge in [-0.1, -0.05) is 26.0 Å². The summed E-state index contributed by atoms with van der Waals surface area (Å²) in [6.07, 6.45) is -2.81. The highest BCUT2D eigenvalue weighted by molar-refractivity contribution is 6.31. The molecule has 14 heteroatoms. The van der Waals surface area contributed by atoms with Gasteiger partial charge in [-0.3, -0.25) is 24.1 Å². The molecule has 2 saturated heterocycles. The lowest BCUT2D eigenvalue weighted by Gasteiger charge is -2.44. The van der Waals surface area contributed by atoms with Gasteiger partial charge in [-0.25, -0.2) is 0 Å². The molecule has 14 nitrogen and oxygen atoms in total. The first-order valence-corrected chi connectivity index (χ1v) is 17.0. The van der Waals surface area contributed by atoms with Gasteiger partial charge < -0.3 is 45.1 Å². The van der Waals surface area contributed by atoms with Crippen molar-refractivity contribution >= 4 is 23.3 Å². The number of esters is 1. The van der Waals surface area contributed by atoms with Gasteiger partial charge in [0.05, 0.1) is 42.1 Å². The molecule has 2 aromatic carbocycles. The van der Waals surface area contributed by atoms with E-state index in [1.807, 2.05) is 0 Å². The molecule has 2 aliphatic heterocycles. The standard InChI is InChI=1S/C36H44N2O12/c1-16(2)29(37)35(45)48-15-23(39)36(46)13-19-26(22(14-36)50-24-12-20(30(40)17(3)49-24)38-10-5-6-11-38)34(44)28-27(32(19)42)31(41)18-8-7-9-21(47-4)25(18)33(28)43/h7-9,16-17,20,22,24,29-30,40,42,44,46H,5-6,10-15,37H2,1-4H3/t17-,20-,22-,24-,29?,30+,36-/m0/s1. The van der Waals surface area contributed by atoms with Crippen LogP contribution < -0.4 is 10.5 Å². The van der Waals surface area contributed by atoms with Gasteiger partial charge in [0, 0.05) is 42.0 Å². The molecule has 7 atom stereocenters. The molecule has 2 heterocycles. The molecule has 50 heavy (non-hydrogen) atoms. The number of likely N-dealkylation sites (tertiary alicyclic amines) is 1. The van der Waals surface area contributed by atoms with Gasteiger partial charge in [-0.15, -0.1) is 0 Å². The molecule has 4 aliphatic rings. The van der Waals surface area contributed by atoms with Crippen LogP contribution in [0.5, 0.6) is 17.2 Å². The van der Waals surface area contributed by atoms with Crippen molar-refractivity contribution in [1.82, 2.24) is 4.90 Å². The van der Waals surface area contributed by atoms with Crippen LogP contribution in [-0.2, 0) is 30.2 Å². The van der Waals surface area contributed by atoms with Crippen LogP contribution in [0.3, 0.4) is 0 Å². The predicted molar refractivity (Wildman–Crippen MR) is 175 cm³/mol. The molecular formula is C36H44N2O12. The maximum absolute atomic E-state index is 14.0. The van der Waals surface area contributed by atoms with E-state index in [1.54, 1.807) is 20.8 Å². The number of aliphatic hydroxyl groups excluding tert-OH is 1. The number of carbonyl (C=O) groups is 4. The van der Waals surface area contributed by atoms with Gasteiger partial charge in [-0.2, -0.15) is 0 Å². The molecule has 6 rings (SSSR count). The number of aliphatic hydroxyl groups is 2. The van der Waals surface area contributed by atoms with Gasteiger partial charge in [0.15, 0.2) is 18.7 Å². The molecule has 270 valence electrons. The zero-order chi connectivity index (χ0) is 36.2. The van der Waals surface area contributed by atoms with Crippen LogP contribution in [-0.4, -0.2) is 112 Å². The number of nitrogens with zero attached hydrogens (tertiary/aromatic N) is 1. The summed E-state index contributed by atoms with van der Waals surface area (Å²) in [5, 5.41) is 46.5. The zero-order valence-electron chi connectivity index (χ0n) is 28.5. The number of methoxy groups -OCH3 is 1. The lowest BCUT2D eigenvalue weighted by Crippen LogP contribution is -2.55. The van der Waals surface area contributed by atoms with E-state index in [9.17, 15) is 39.6 Å². The Labute approximate surface area is 289 Å². The van der Waals surface area contributed by atoms with Crippen molar-refractivity contribution in [1.29, 1.82) is 0 Å². The highest BCUT2D eigenvalue weighted by Gasteiger charge is 2.51. The second-order valence-corrected chi connectivity index (χ2v) is 14.0. The van der Waals surface area contributed by atoms with Crippen molar-refractivity contribution in [2.75, 3.05) is 26.8 Å². The van der Waals surface area contributed by atoms with Crippen LogP contribution in [0.15, 0.2) is 18.2 Å². The summed E-state index contributed by atoms with van der Waals surface area (Å²) in [4.78, 5) is 56.1. The summed E-state index contributed by atoms with van der Waals surface area (Å²) in [6, 6.07) is 3.06. The number of nitrogens with two attached hydrogens (primary N) is 1. The Morgan fingerprint density at radius 1 is 1.08 bits per heavy atom. The Hall–Kier alpha value is -3.92. The van der Waals surface area contributed by atoms with Crippen LogP contribution >= 0.6 is 0 Å². The van der Waals surface area contributed by atoms with Crippen molar-refractivity contribution in [3.8, 4) is 17.2 Å². The molecular weight excluding hydrogens is 652 g/mol. The number of ketones is 3. The van der Waals surface area contributed by atoms with Crippen molar-refractivity contribution in [2.24, 2.45) is 11.7 Å². The number of rotatable bonds is 9. The van der Waals surface area contributed by atoms with E-state index in [2.05, 4.69) is 4.90 Å². The normalized spacial score (nSPS) is 28.5. The summed E-state index contributed by atoms with van der Waals surface area (Å²) in [6.45, 7) is 5.83. The topological polar surface area (TPSA) is 215 Å². The first kappa shape index (κ1) is 35.9. The molecule has 0 aromatic heterocycles. The van der Waals surface area contributed by atoms with Crippen LogP contribution in [0.25, 0.3) is 0 Å². The molecule has 6 N–H and O–H groups in total. The van der Waals surface area contributed by atoms with E-state index in [-0.39, 0.29) is 46.4 Å². The highest BCUT2D eigenvalue weighted by Crippen LogP contribution is 2.52. The molecule has 0 spiro atoms. The smallest absolute Gasteiger partial charge is 0.323 e. The van der Waals surface area contributed by atoms with Crippen molar-refractivity contribution in [3.63, 3.8) is 0 Å². The van der Waals surface area contributed by atoms with Crippen LogP contribution in [0.4, 0.5) is 0 Å². The van der Waals surface area contributed by atoms with Crippen LogP contribution in [0, 0.1) is 5.92 Å². The predicted octanol–water partition coefficient (Wildman–Crippen LogP) is 1.67. The first-order chi connectivity index (χ1) is 23.7. The number of carbonyl (C=O) groups excluding carboxylic acids is 4. The Morgan fingerprint density at radius 2 is 1.76 bits per heavy atom. The van der Waals surface area contributed by atoms with E-state index >= 15 is 0 Å². The van der Waals surface area contributed by atoms with Crippen molar-refractivity contribution in [3.05, 3.63) is 51.6 Å². The minimum atomic E-state index is -2.32. The third-order valence-corrected chi connectivity index (χ3v) is 10.5. The van der Waals surface area contributed by atoms with Gasteiger partial charge >= 0.3 is 5.97 Å². The molecule has 0 amide bonds. The number of hydrogen-bond acceptors (Lipinski definition) is 14. The van der Waals surface area contributed by atoms with Gasteiger partial charge in [0.2, 0.25) is 11.6 Å². The third-order valence-electron chi connectivity index (χ3n) is 10.5. The van der Waals surface area contributed by atoms with E-state index in [1.165, 1.54) is 25.3 Å². The summed E-state index contributed by atoms with van der Waals surface area (Å²) in [5.41, 5.74) is 2.16. The third kappa shape index (κ3) is 6.07. The number of benzene rings is 2. The largest absolute Gasteiger partial charge is 0.507 e. The molecule has 2 aliphatic carbocycles. The second-order valence-electron chi connectivity index (χ2n) is 14.0. The minimum absolute atomic E-state index is 0.0593.